The van der Waals surface area contributed by atoms with Crippen molar-refractivity contribution < 1.29 is 13.2 Å². The Hall–Kier alpha value is -2.18. The highest BCUT2D eigenvalue weighted by atomic mass is 32.2. The molecule has 1 aliphatic carbocycles. The third kappa shape index (κ3) is 3.84. The lowest BCUT2D eigenvalue weighted by atomic mass is 9.99. The van der Waals surface area contributed by atoms with Crippen molar-refractivity contribution in [1.82, 2.24) is 9.62 Å². The molecule has 1 unspecified atom stereocenters. The molecule has 4 rings (SSSR count). The van der Waals surface area contributed by atoms with Crippen molar-refractivity contribution in [3.05, 3.63) is 64.7 Å². The summed E-state index contributed by atoms with van der Waals surface area (Å²) < 4.78 is 27.3. The van der Waals surface area contributed by atoms with Gasteiger partial charge in [0.15, 0.2) is 0 Å². The van der Waals surface area contributed by atoms with E-state index >= 15 is 0 Å². The minimum atomic E-state index is -3.50. The van der Waals surface area contributed by atoms with Crippen LogP contribution in [-0.2, 0) is 10.0 Å². The van der Waals surface area contributed by atoms with Crippen molar-refractivity contribution in [1.29, 1.82) is 0 Å². The van der Waals surface area contributed by atoms with Gasteiger partial charge in [-0.2, -0.15) is 0 Å². The first kappa shape index (κ1) is 19.2. The summed E-state index contributed by atoms with van der Waals surface area (Å²) in [6, 6.07) is 12.8. The van der Waals surface area contributed by atoms with Gasteiger partial charge in [0.05, 0.1) is 10.9 Å². The number of nitrogens with zero attached hydrogens (tertiary/aromatic N) is 1. The molecule has 0 aromatic heterocycles. The summed E-state index contributed by atoms with van der Waals surface area (Å²) in [4.78, 5) is 15.2. The maximum atomic E-state index is 13.1. The van der Waals surface area contributed by atoms with E-state index in [0.717, 1.165) is 32.2 Å². The number of sulfonamides is 1. The highest BCUT2D eigenvalue weighted by Crippen LogP contribution is 2.34. The highest BCUT2D eigenvalue weighted by molar-refractivity contribution is 7.89. The van der Waals surface area contributed by atoms with Crippen LogP contribution in [0.3, 0.4) is 0 Å². The number of amides is 1. The molecule has 2 fully saturated rings. The summed E-state index contributed by atoms with van der Waals surface area (Å²) in [7, 11) is -3.50. The molecule has 5 nitrogen and oxygen atoms in total. The Morgan fingerprint density at radius 2 is 1.71 bits per heavy atom. The zero-order valence-electron chi connectivity index (χ0n) is 16.3. The van der Waals surface area contributed by atoms with Crippen LogP contribution in [0.25, 0.3) is 0 Å². The van der Waals surface area contributed by atoms with Crippen LogP contribution >= 0.6 is 0 Å². The largest absolute Gasteiger partial charge is 0.332 e. The Kier molecular flexibility index (Phi) is 5.02. The molecule has 6 heteroatoms. The van der Waals surface area contributed by atoms with Crippen molar-refractivity contribution in [2.75, 3.05) is 6.54 Å². The lowest BCUT2D eigenvalue weighted by Gasteiger charge is -2.26. The van der Waals surface area contributed by atoms with Crippen LogP contribution < -0.4 is 4.72 Å². The van der Waals surface area contributed by atoms with Crippen LogP contribution in [-0.4, -0.2) is 31.8 Å². The van der Waals surface area contributed by atoms with E-state index in [2.05, 4.69) is 36.8 Å². The van der Waals surface area contributed by atoms with Gasteiger partial charge in [-0.05, 0) is 80.5 Å². The van der Waals surface area contributed by atoms with Gasteiger partial charge in [0.25, 0.3) is 5.91 Å². The number of nitrogens with one attached hydrogen (secondary N) is 1. The molecule has 2 aliphatic rings. The number of rotatable bonds is 5. The predicted octanol–water partition coefficient (Wildman–Crippen LogP) is 3.72. The fourth-order valence-electron chi connectivity index (χ4n) is 3.76. The number of benzene rings is 2. The second kappa shape index (κ2) is 7.33. The first-order valence-corrected chi connectivity index (χ1v) is 11.3. The summed E-state index contributed by atoms with van der Waals surface area (Å²) in [5.41, 5.74) is 4.17. The summed E-state index contributed by atoms with van der Waals surface area (Å²) in [6.45, 7) is 4.90. The van der Waals surface area contributed by atoms with Crippen molar-refractivity contribution in [3.63, 3.8) is 0 Å². The van der Waals surface area contributed by atoms with Crippen LogP contribution in [0.2, 0.25) is 0 Å². The molecule has 0 bridgehead atoms. The highest BCUT2D eigenvalue weighted by Gasteiger charge is 2.31. The molecular weight excluding hydrogens is 372 g/mol. The van der Waals surface area contributed by atoms with Crippen LogP contribution in [0.4, 0.5) is 0 Å². The van der Waals surface area contributed by atoms with Crippen molar-refractivity contribution in [2.24, 2.45) is 0 Å². The molecule has 28 heavy (non-hydrogen) atoms. The van der Waals surface area contributed by atoms with Gasteiger partial charge in [0.2, 0.25) is 10.0 Å². The number of aryl methyl sites for hydroxylation is 2. The molecule has 0 radical (unpaired) electrons. The number of likely N-dealkylation sites (tertiary alicyclic amines) is 1. The molecule has 1 amide bonds. The number of hydrogen-bond acceptors (Lipinski definition) is 3. The summed E-state index contributed by atoms with van der Waals surface area (Å²) in [6.07, 6.45) is 3.71. The lowest BCUT2D eigenvalue weighted by molar-refractivity contribution is 0.0735. The SMILES string of the molecule is Cc1ccc(C2CCCN2C(=O)c2ccc(S(=O)(=O)NC3CC3)cc2)cc1C. The maximum absolute atomic E-state index is 13.1. The molecule has 1 heterocycles. The van der Waals surface area contributed by atoms with E-state index in [4.69, 9.17) is 0 Å². The molecule has 0 spiro atoms. The predicted molar refractivity (Wildman–Crippen MR) is 109 cm³/mol. The topological polar surface area (TPSA) is 66.5 Å². The van der Waals surface area contributed by atoms with Gasteiger partial charge in [-0.3, -0.25) is 4.79 Å². The van der Waals surface area contributed by atoms with E-state index < -0.39 is 10.0 Å². The maximum Gasteiger partial charge on any atom is 0.254 e. The third-order valence-electron chi connectivity index (χ3n) is 5.74. The minimum absolute atomic E-state index is 0.0418. The number of carbonyl (C=O) groups is 1. The van der Waals surface area contributed by atoms with Gasteiger partial charge in [0, 0.05) is 18.2 Å². The molecule has 1 aliphatic heterocycles. The van der Waals surface area contributed by atoms with Gasteiger partial charge < -0.3 is 4.90 Å². The van der Waals surface area contributed by atoms with E-state index in [9.17, 15) is 13.2 Å². The van der Waals surface area contributed by atoms with E-state index in [1.54, 1.807) is 12.1 Å². The average molecular weight is 399 g/mol. The van der Waals surface area contributed by atoms with Crippen LogP contribution in [0.5, 0.6) is 0 Å². The molecular formula is C22H26N2O3S. The monoisotopic (exact) mass is 398 g/mol. The van der Waals surface area contributed by atoms with Crippen molar-refractivity contribution in [3.8, 4) is 0 Å². The molecule has 1 atom stereocenters. The van der Waals surface area contributed by atoms with Crippen LogP contribution in [0, 0.1) is 13.8 Å². The van der Waals surface area contributed by atoms with E-state index in [1.807, 2.05) is 4.90 Å². The second-order valence-electron chi connectivity index (χ2n) is 7.92. The third-order valence-corrected chi connectivity index (χ3v) is 7.28. The van der Waals surface area contributed by atoms with Crippen molar-refractivity contribution >= 4 is 15.9 Å². The minimum Gasteiger partial charge on any atom is -0.332 e. The lowest BCUT2D eigenvalue weighted by Crippen LogP contribution is -2.30. The Labute approximate surface area is 166 Å². The van der Waals surface area contributed by atoms with Gasteiger partial charge >= 0.3 is 0 Å². The van der Waals surface area contributed by atoms with Crippen LogP contribution in [0.1, 0.15) is 58.8 Å². The Morgan fingerprint density at radius 1 is 1.00 bits per heavy atom. The van der Waals surface area contributed by atoms with Gasteiger partial charge in [-0.25, -0.2) is 13.1 Å². The summed E-state index contributed by atoms with van der Waals surface area (Å²) in [5, 5.41) is 0. The smallest absolute Gasteiger partial charge is 0.254 e. The molecule has 2 aromatic carbocycles. The molecule has 1 saturated carbocycles. The van der Waals surface area contributed by atoms with E-state index in [1.165, 1.54) is 28.8 Å². The molecule has 1 N–H and O–H groups in total. The van der Waals surface area contributed by atoms with Gasteiger partial charge in [0.1, 0.15) is 0 Å². The molecule has 1 saturated heterocycles. The van der Waals surface area contributed by atoms with Crippen molar-refractivity contribution in [2.45, 2.75) is 56.5 Å². The fourth-order valence-corrected chi connectivity index (χ4v) is 5.06. The number of carbonyl (C=O) groups excluding carboxylic acids is 1. The first-order chi connectivity index (χ1) is 13.3. The summed E-state index contributed by atoms with van der Waals surface area (Å²) in [5.74, 6) is -0.0418. The van der Waals surface area contributed by atoms with Gasteiger partial charge in [-0.15, -0.1) is 0 Å². The Balaban J connectivity index is 1.53. The first-order valence-electron chi connectivity index (χ1n) is 9.86. The molecule has 148 valence electrons. The Bertz CT molecular complexity index is 995. The van der Waals surface area contributed by atoms with Crippen LogP contribution in [0.15, 0.2) is 47.4 Å². The fraction of sp³-hybridized carbons (Fsp3) is 0.409. The standard InChI is InChI=1S/C22H26N2O3S/c1-15-5-6-18(14-16(15)2)21-4-3-13-24(21)22(25)17-7-11-20(12-8-17)28(26,27)23-19-9-10-19/h5-8,11-12,14,19,21,23H,3-4,9-10,13H2,1-2H3. The molecule has 2 aromatic rings. The van der Waals surface area contributed by atoms with Gasteiger partial charge in [-0.1, -0.05) is 18.2 Å². The van der Waals surface area contributed by atoms with E-state index in [0.29, 0.717) is 5.56 Å². The summed E-state index contributed by atoms with van der Waals surface area (Å²) >= 11 is 0. The second-order valence-corrected chi connectivity index (χ2v) is 9.63. The average Bonchev–Trinajstić information content (AvgIpc) is 3.34. The zero-order chi connectivity index (χ0) is 19.9. The normalized spacial score (nSPS) is 19.8. The van der Waals surface area contributed by atoms with E-state index in [-0.39, 0.29) is 22.9 Å². The zero-order valence-corrected chi connectivity index (χ0v) is 17.1. The quantitative estimate of drug-likeness (QED) is 0.835. The number of hydrogen-bond donors (Lipinski definition) is 1. The Morgan fingerprint density at radius 3 is 2.36 bits per heavy atom.